The lowest BCUT2D eigenvalue weighted by atomic mass is 10.1. The molecular weight excluding hydrogens is 258 g/mol. The molecule has 2 rings (SSSR count). The van der Waals surface area contributed by atoms with Crippen LogP contribution in [0.5, 0.6) is 11.5 Å². The van der Waals surface area contributed by atoms with E-state index in [-0.39, 0.29) is 5.78 Å². The number of benzene rings is 1. The molecule has 0 bridgehead atoms. The largest absolute Gasteiger partial charge is 0.496 e. The number of ether oxygens (including phenoxy) is 2. The van der Waals surface area contributed by atoms with Gasteiger partial charge in [0, 0.05) is 6.54 Å². The quantitative estimate of drug-likeness (QED) is 0.754. The van der Waals surface area contributed by atoms with Crippen molar-refractivity contribution in [1.29, 1.82) is 0 Å². The summed E-state index contributed by atoms with van der Waals surface area (Å²) in [4.78, 5) is 12.7. The summed E-state index contributed by atoms with van der Waals surface area (Å²) >= 11 is 0. The van der Waals surface area contributed by atoms with Crippen LogP contribution in [0, 0.1) is 0 Å². The number of aryl methyl sites for hydroxylation is 1. The molecule has 0 saturated heterocycles. The predicted octanol–water partition coefficient (Wildman–Crippen LogP) is 1.94. The zero-order chi connectivity index (χ0) is 14.5. The molecule has 0 atom stereocenters. The molecule has 20 heavy (non-hydrogen) atoms. The first-order valence-corrected chi connectivity index (χ1v) is 6.37. The van der Waals surface area contributed by atoms with E-state index in [0.29, 0.717) is 29.3 Å². The van der Waals surface area contributed by atoms with Crippen LogP contribution in [0.1, 0.15) is 29.4 Å². The van der Waals surface area contributed by atoms with Gasteiger partial charge in [0.1, 0.15) is 22.8 Å². The zero-order valence-electron chi connectivity index (χ0n) is 11.8. The highest BCUT2D eigenvalue weighted by Gasteiger charge is 2.23. The molecule has 0 spiro atoms. The van der Waals surface area contributed by atoms with Crippen molar-refractivity contribution in [3.63, 3.8) is 0 Å². The maximum Gasteiger partial charge on any atom is 0.220 e. The third-order valence-corrected chi connectivity index (χ3v) is 2.94. The summed E-state index contributed by atoms with van der Waals surface area (Å²) in [5.41, 5.74) is 0.812. The predicted molar refractivity (Wildman–Crippen MR) is 73.3 cm³/mol. The summed E-state index contributed by atoms with van der Waals surface area (Å²) in [5, 5.41) is 7.74. The van der Waals surface area contributed by atoms with Gasteiger partial charge in [-0.2, -0.15) is 0 Å². The summed E-state index contributed by atoms with van der Waals surface area (Å²) in [6.45, 7) is 2.65. The van der Waals surface area contributed by atoms with Crippen LogP contribution in [0.15, 0.2) is 24.4 Å². The standard InChI is InChI=1S/C14H17N3O3/c1-4-8-17-10(9-15-16-17)14(18)13-11(19-2)6-5-7-12(13)20-3/h5-7,9H,4,8H2,1-3H3. The van der Waals surface area contributed by atoms with Crippen molar-refractivity contribution in [3.8, 4) is 11.5 Å². The fraction of sp³-hybridized carbons (Fsp3) is 0.357. The second-order valence-corrected chi connectivity index (χ2v) is 4.21. The number of hydrogen-bond donors (Lipinski definition) is 0. The van der Waals surface area contributed by atoms with E-state index < -0.39 is 0 Å². The molecule has 0 fully saturated rings. The minimum Gasteiger partial charge on any atom is -0.496 e. The van der Waals surface area contributed by atoms with Crippen LogP contribution < -0.4 is 9.47 Å². The molecular formula is C14H17N3O3. The molecule has 0 N–H and O–H groups in total. The average molecular weight is 275 g/mol. The normalized spacial score (nSPS) is 10.3. The number of hydrogen-bond acceptors (Lipinski definition) is 5. The molecule has 106 valence electrons. The molecule has 0 aliphatic heterocycles. The maximum atomic E-state index is 12.7. The molecule has 0 aliphatic carbocycles. The Labute approximate surface area is 117 Å². The van der Waals surface area contributed by atoms with E-state index in [4.69, 9.17) is 9.47 Å². The second kappa shape index (κ2) is 6.18. The molecule has 1 aromatic carbocycles. The summed E-state index contributed by atoms with van der Waals surface area (Å²) in [6, 6.07) is 5.23. The minimum atomic E-state index is -0.210. The van der Waals surface area contributed by atoms with Gasteiger partial charge >= 0.3 is 0 Å². The lowest BCUT2D eigenvalue weighted by Crippen LogP contribution is -2.13. The first-order valence-electron chi connectivity index (χ1n) is 6.37. The Morgan fingerprint density at radius 2 is 1.90 bits per heavy atom. The van der Waals surface area contributed by atoms with Crippen molar-refractivity contribution in [3.05, 3.63) is 35.7 Å². The smallest absolute Gasteiger partial charge is 0.220 e. The zero-order valence-corrected chi connectivity index (χ0v) is 11.8. The average Bonchev–Trinajstić information content (AvgIpc) is 2.94. The van der Waals surface area contributed by atoms with E-state index in [1.165, 1.54) is 20.4 Å². The molecule has 2 aromatic rings. The van der Waals surface area contributed by atoms with E-state index in [2.05, 4.69) is 10.3 Å². The van der Waals surface area contributed by atoms with Crippen molar-refractivity contribution in [2.75, 3.05) is 14.2 Å². The van der Waals surface area contributed by atoms with Crippen molar-refractivity contribution >= 4 is 5.78 Å². The van der Waals surface area contributed by atoms with E-state index in [1.54, 1.807) is 22.9 Å². The van der Waals surface area contributed by atoms with Gasteiger partial charge in [0.25, 0.3) is 0 Å². The fourth-order valence-electron chi connectivity index (χ4n) is 2.01. The van der Waals surface area contributed by atoms with Gasteiger partial charge in [-0.05, 0) is 18.6 Å². The summed E-state index contributed by atoms with van der Waals surface area (Å²) in [5.74, 6) is 0.731. The third-order valence-electron chi connectivity index (χ3n) is 2.94. The van der Waals surface area contributed by atoms with Crippen LogP contribution in [0.3, 0.4) is 0 Å². The topological polar surface area (TPSA) is 66.2 Å². The van der Waals surface area contributed by atoms with Crippen molar-refractivity contribution in [2.45, 2.75) is 19.9 Å². The van der Waals surface area contributed by atoms with Crippen molar-refractivity contribution < 1.29 is 14.3 Å². The summed E-state index contributed by atoms with van der Waals surface area (Å²) in [7, 11) is 3.04. The Kier molecular flexibility index (Phi) is 4.34. The van der Waals surface area contributed by atoms with Crippen molar-refractivity contribution in [2.24, 2.45) is 0 Å². The Balaban J connectivity index is 2.50. The number of rotatable bonds is 6. The first kappa shape index (κ1) is 14.0. The maximum absolute atomic E-state index is 12.7. The summed E-state index contributed by atoms with van der Waals surface area (Å²) in [6.07, 6.45) is 2.33. The van der Waals surface area contributed by atoms with E-state index in [9.17, 15) is 4.79 Å². The van der Waals surface area contributed by atoms with Gasteiger partial charge in [0.05, 0.1) is 20.4 Å². The van der Waals surface area contributed by atoms with E-state index >= 15 is 0 Å². The van der Waals surface area contributed by atoms with Crippen LogP contribution in [-0.4, -0.2) is 35.0 Å². The molecule has 0 amide bonds. The number of nitrogens with zero attached hydrogens (tertiary/aromatic N) is 3. The van der Waals surface area contributed by atoms with Gasteiger partial charge in [0.15, 0.2) is 0 Å². The molecule has 6 heteroatoms. The van der Waals surface area contributed by atoms with Crippen LogP contribution in [0.4, 0.5) is 0 Å². The third kappa shape index (κ3) is 2.49. The monoisotopic (exact) mass is 275 g/mol. The Hall–Kier alpha value is -2.37. The summed E-state index contributed by atoms with van der Waals surface area (Å²) < 4.78 is 12.1. The molecule has 6 nitrogen and oxygen atoms in total. The molecule has 1 heterocycles. The first-order chi connectivity index (χ1) is 9.72. The lowest BCUT2D eigenvalue weighted by molar-refractivity contribution is 0.102. The highest BCUT2D eigenvalue weighted by Crippen LogP contribution is 2.30. The highest BCUT2D eigenvalue weighted by molar-refractivity contribution is 6.11. The SMILES string of the molecule is CCCn1nncc1C(=O)c1c(OC)cccc1OC. The van der Waals surface area contributed by atoms with Gasteiger partial charge in [0.2, 0.25) is 5.78 Å². The number of carbonyl (C=O) groups is 1. The number of ketones is 1. The van der Waals surface area contributed by atoms with Crippen LogP contribution in [0.2, 0.25) is 0 Å². The highest BCUT2D eigenvalue weighted by atomic mass is 16.5. The fourth-order valence-corrected chi connectivity index (χ4v) is 2.01. The van der Waals surface area contributed by atoms with Gasteiger partial charge in [-0.3, -0.25) is 4.79 Å². The molecule has 0 aliphatic rings. The molecule has 0 saturated carbocycles. The van der Waals surface area contributed by atoms with Crippen molar-refractivity contribution in [1.82, 2.24) is 15.0 Å². The van der Waals surface area contributed by atoms with Gasteiger partial charge < -0.3 is 9.47 Å². The van der Waals surface area contributed by atoms with E-state index in [0.717, 1.165) is 6.42 Å². The van der Waals surface area contributed by atoms with Gasteiger partial charge in [-0.1, -0.05) is 18.2 Å². The number of methoxy groups -OCH3 is 2. The number of carbonyl (C=O) groups excluding carboxylic acids is 1. The number of aromatic nitrogens is 3. The Morgan fingerprint density at radius 3 is 2.45 bits per heavy atom. The Bertz CT molecular complexity index is 585. The van der Waals surface area contributed by atoms with Crippen LogP contribution in [0.25, 0.3) is 0 Å². The van der Waals surface area contributed by atoms with Crippen LogP contribution >= 0.6 is 0 Å². The van der Waals surface area contributed by atoms with Crippen LogP contribution in [-0.2, 0) is 6.54 Å². The second-order valence-electron chi connectivity index (χ2n) is 4.21. The molecule has 1 aromatic heterocycles. The molecule has 0 unspecified atom stereocenters. The van der Waals surface area contributed by atoms with E-state index in [1.807, 2.05) is 6.92 Å². The lowest BCUT2D eigenvalue weighted by Gasteiger charge is -2.12. The molecule has 0 radical (unpaired) electrons. The van der Waals surface area contributed by atoms with Gasteiger partial charge in [-0.25, -0.2) is 4.68 Å². The Morgan fingerprint density at radius 1 is 1.25 bits per heavy atom. The van der Waals surface area contributed by atoms with Gasteiger partial charge in [-0.15, -0.1) is 5.10 Å². The minimum absolute atomic E-state index is 0.210.